The molecule has 0 atom stereocenters. The molecule has 1 aliphatic carbocycles. The third-order valence-corrected chi connectivity index (χ3v) is 5.77. The smallest absolute Gasteiger partial charge is 0.190 e. The Morgan fingerprint density at radius 2 is 1.32 bits per heavy atom. The summed E-state index contributed by atoms with van der Waals surface area (Å²) in [6.07, 6.45) is 13.5. The molecule has 31 heavy (non-hydrogen) atoms. The van der Waals surface area contributed by atoms with Gasteiger partial charge in [-0.25, -0.2) is 0 Å². The second kappa shape index (κ2) is 11.6. The van der Waals surface area contributed by atoms with Crippen LogP contribution in [0.1, 0.15) is 94.4 Å². The lowest BCUT2D eigenvalue weighted by molar-refractivity contribution is 0.0973. The van der Waals surface area contributed by atoms with Crippen molar-refractivity contribution in [1.82, 2.24) is 0 Å². The summed E-state index contributed by atoms with van der Waals surface area (Å²) in [4.78, 5) is 25.4. The Kier molecular flexibility index (Phi) is 9.18. The molecule has 0 heterocycles. The minimum absolute atomic E-state index is 0.0113. The number of Topliss-reactive ketones (excluding diaryl/α,β-unsaturated/α-hetero) is 2. The molecular formula is C29H36O2. The lowest BCUT2D eigenvalue weighted by Gasteiger charge is -2.18. The summed E-state index contributed by atoms with van der Waals surface area (Å²) in [6.45, 7) is 12.5. The predicted molar refractivity (Wildman–Crippen MR) is 132 cm³/mol. The maximum absolute atomic E-state index is 12.8. The van der Waals surface area contributed by atoms with Gasteiger partial charge in [0.25, 0.3) is 0 Å². The molecule has 2 nitrogen and oxygen atoms in total. The van der Waals surface area contributed by atoms with Crippen molar-refractivity contribution in [1.29, 1.82) is 0 Å². The van der Waals surface area contributed by atoms with Crippen LogP contribution >= 0.6 is 0 Å². The van der Waals surface area contributed by atoms with Gasteiger partial charge in [-0.2, -0.15) is 0 Å². The maximum atomic E-state index is 12.8. The first-order chi connectivity index (χ1) is 14.7. The number of hydrogen-bond donors (Lipinski definition) is 0. The Morgan fingerprint density at radius 3 is 1.97 bits per heavy atom. The molecule has 0 N–H and O–H groups in total. The van der Waals surface area contributed by atoms with Gasteiger partial charge in [-0.1, -0.05) is 70.9 Å². The van der Waals surface area contributed by atoms with E-state index in [-0.39, 0.29) is 11.6 Å². The monoisotopic (exact) mass is 416 g/mol. The fraction of sp³-hybridized carbons (Fsp3) is 0.379. The number of rotatable bonds is 9. The molecule has 1 aliphatic rings. The quantitative estimate of drug-likeness (QED) is 0.381. The average molecular weight is 417 g/mol. The van der Waals surface area contributed by atoms with Crippen molar-refractivity contribution in [3.8, 4) is 0 Å². The van der Waals surface area contributed by atoms with E-state index in [0.29, 0.717) is 28.7 Å². The second-order valence-corrected chi connectivity index (χ2v) is 8.89. The van der Waals surface area contributed by atoms with E-state index in [1.165, 1.54) is 22.3 Å². The highest BCUT2D eigenvalue weighted by molar-refractivity contribution is 6.26. The van der Waals surface area contributed by atoms with Gasteiger partial charge in [0.15, 0.2) is 11.6 Å². The van der Waals surface area contributed by atoms with Crippen molar-refractivity contribution < 1.29 is 9.59 Å². The molecule has 1 aromatic rings. The predicted octanol–water partition coefficient (Wildman–Crippen LogP) is 8.14. The van der Waals surface area contributed by atoms with E-state index < -0.39 is 0 Å². The van der Waals surface area contributed by atoms with Crippen LogP contribution in [-0.2, 0) is 0 Å². The molecule has 1 aromatic carbocycles. The number of hydrogen-bond acceptors (Lipinski definition) is 2. The zero-order chi connectivity index (χ0) is 23.0. The summed E-state index contributed by atoms with van der Waals surface area (Å²) in [5, 5.41) is 0. The van der Waals surface area contributed by atoms with Crippen molar-refractivity contribution in [3.05, 3.63) is 93.1 Å². The lowest BCUT2D eigenvalue weighted by Crippen LogP contribution is -2.20. The fourth-order valence-electron chi connectivity index (χ4n) is 3.59. The minimum atomic E-state index is -0.0252. The zero-order valence-corrected chi connectivity index (χ0v) is 20.0. The highest BCUT2D eigenvalue weighted by Crippen LogP contribution is 2.28. The van der Waals surface area contributed by atoms with Crippen LogP contribution in [0.4, 0.5) is 0 Å². The standard InChI is InChI=1S/C29H36O2/c1-20(2)14-15-23(5)17-16-21(3)10-9-11-22(4)18-19-25-24(6)28(30)26-12-7-8-13-27(26)29(25)31/h7-8,10,12-14,17-18H,9,11,15-16,19H2,1-6H3/b21-10-,22-18+,23-17-. The third-order valence-electron chi connectivity index (χ3n) is 5.77. The van der Waals surface area contributed by atoms with Gasteiger partial charge in [0.2, 0.25) is 0 Å². The van der Waals surface area contributed by atoms with Gasteiger partial charge in [0.1, 0.15) is 0 Å². The normalized spacial score (nSPS) is 15.4. The van der Waals surface area contributed by atoms with Crippen molar-refractivity contribution >= 4 is 11.6 Å². The molecule has 0 saturated heterocycles. The first kappa shape index (κ1) is 24.5. The zero-order valence-electron chi connectivity index (χ0n) is 20.0. The number of fused-ring (bicyclic) bond motifs is 1. The van der Waals surface area contributed by atoms with Crippen molar-refractivity contribution in [2.45, 2.75) is 73.6 Å². The van der Waals surface area contributed by atoms with E-state index in [0.717, 1.165) is 25.7 Å². The van der Waals surface area contributed by atoms with Crippen LogP contribution in [-0.4, -0.2) is 11.6 Å². The van der Waals surface area contributed by atoms with E-state index >= 15 is 0 Å². The van der Waals surface area contributed by atoms with Crippen LogP contribution in [0, 0.1) is 0 Å². The van der Waals surface area contributed by atoms with Crippen LogP contribution in [0.2, 0.25) is 0 Å². The van der Waals surface area contributed by atoms with E-state index in [1.54, 1.807) is 19.1 Å². The lowest BCUT2D eigenvalue weighted by atomic mass is 9.83. The molecule has 0 bridgehead atoms. The van der Waals surface area contributed by atoms with Crippen LogP contribution in [0.25, 0.3) is 0 Å². The van der Waals surface area contributed by atoms with E-state index in [4.69, 9.17) is 0 Å². The Labute approximate surface area is 188 Å². The molecule has 2 rings (SSSR count). The second-order valence-electron chi connectivity index (χ2n) is 8.89. The van der Waals surface area contributed by atoms with E-state index in [2.05, 4.69) is 58.9 Å². The Bertz CT molecular complexity index is 989. The number of ketones is 2. The third kappa shape index (κ3) is 7.17. The van der Waals surface area contributed by atoms with Crippen LogP contribution in [0.3, 0.4) is 0 Å². The Hall–Kier alpha value is -2.74. The fourth-order valence-corrected chi connectivity index (χ4v) is 3.59. The molecule has 0 unspecified atom stereocenters. The average Bonchev–Trinajstić information content (AvgIpc) is 2.74. The number of carbonyl (C=O) groups excluding carboxylic acids is 2. The number of carbonyl (C=O) groups is 2. The molecule has 0 aliphatic heterocycles. The maximum Gasteiger partial charge on any atom is 0.190 e. The largest absolute Gasteiger partial charge is 0.289 e. The summed E-state index contributed by atoms with van der Waals surface area (Å²) in [7, 11) is 0. The Morgan fingerprint density at radius 1 is 0.742 bits per heavy atom. The topological polar surface area (TPSA) is 34.1 Å². The molecule has 0 amide bonds. The van der Waals surface area contributed by atoms with Crippen molar-refractivity contribution in [3.63, 3.8) is 0 Å². The van der Waals surface area contributed by atoms with E-state index in [1.807, 2.05) is 12.1 Å². The highest BCUT2D eigenvalue weighted by Gasteiger charge is 2.28. The Balaban J connectivity index is 1.92. The first-order valence-corrected chi connectivity index (χ1v) is 11.2. The van der Waals surface area contributed by atoms with Gasteiger partial charge in [0.05, 0.1) is 0 Å². The summed E-state index contributed by atoms with van der Waals surface area (Å²) >= 11 is 0. The summed E-state index contributed by atoms with van der Waals surface area (Å²) in [5.74, 6) is -0.0366. The molecule has 0 saturated carbocycles. The van der Waals surface area contributed by atoms with Crippen LogP contribution in [0.15, 0.2) is 82.0 Å². The van der Waals surface area contributed by atoms with Gasteiger partial charge in [-0.05, 0) is 73.6 Å². The molecule has 0 aromatic heterocycles. The molecular weight excluding hydrogens is 380 g/mol. The summed E-state index contributed by atoms with van der Waals surface area (Å²) in [6, 6.07) is 7.12. The van der Waals surface area contributed by atoms with Gasteiger partial charge in [0, 0.05) is 22.3 Å². The van der Waals surface area contributed by atoms with Gasteiger partial charge < -0.3 is 0 Å². The van der Waals surface area contributed by atoms with E-state index in [9.17, 15) is 9.59 Å². The number of benzene rings is 1. The first-order valence-electron chi connectivity index (χ1n) is 11.2. The SMILES string of the molecule is CC(C)=CC/C(C)=C\C/C(C)=C\CC/C(C)=C/CC1=C(C)C(=O)c2ccccc2C1=O. The van der Waals surface area contributed by atoms with Crippen molar-refractivity contribution in [2.24, 2.45) is 0 Å². The van der Waals surface area contributed by atoms with Gasteiger partial charge in [-0.15, -0.1) is 0 Å². The molecule has 2 heteroatoms. The molecule has 0 radical (unpaired) electrons. The number of allylic oxidation sites excluding steroid dienone is 10. The molecule has 0 fully saturated rings. The summed E-state index contributed by atoms with van der Waals surface area (Å²) < 4.78 is 0. The van der Waals surface area contributed by atoms with Crippen molar-refractivity contribution in [2.75, 3.05) is 0 Å². The van der Waals surface area contributed by atoms with Gasteiger partial charge in [-0.3, -0.25) is 9.59 Å². The van der Waals surface area contributed by atoms with Gasteiger partial charge >= 0.3 is 0 Å². The van der Waals surface area contributed by atoms with Crippen LogP contribution in [0.5, 0.6) is 0 Å². The highest BCUT2D eigenvalue weighted by atomic mass is 16.1. The minimum Gasteiger partial charge on any atom is -0.289 e. The summed E-state index contributed by atoms with van der Waals surface area (Å²) in [5.41, 5.74) is 7.67. The molecule has 164 valence electrons. The van der Waals surface area contributed by atoms with Crippen LogP contribution < -0.4 is 0 Å². The molecule has 0 spiro atoms.